The Morgan fingerprint density at radius 1 is 0.788 bits per heavy atom. The van der Waals surface area contributed by atoms with Crippen LogP contribution in [0.5, 0.6) is 0 Å². The molecular weight excluding hydrogens is 423 g/mol. The van der Waals surface area contributed by atoms with E-state index < -0.39 is 7.32 Å². The lowest BCUT2D eigenvalue weighted by atomic mass is 10.0. The average molecular weight is 474 g/mol. The van der Waals surface area contributed by atoms with Gasteiger partial charge in [-0.3, -0.25) is 9.55 Å². The van der Waals surface area contributed by atoms with Gasteiger partial charge in [-0.05, 0) is 6.42 Å². The van der Waals surface area contributed by atoms with Crippen LogP contribution in [0.25, 0.3) is 0 Å². The van der Waals surface area contributed by atoms with Crippen LogP contribution in [-0.4, -0.2) is 68.0 Å². The summed E-state index contributed by atoms with van der Waals surface area (Å²) in [5, 5.41) is 19.4. The lowest BCUT2D eigenvalue weighted by molar-refractivity contribution is -0.149. The summed E-state index contributed by atoms with van der Waals surface area (Å²) in [6.45, 7) is 2.71. The molecule has 0 spiro atoms. The van der Waals surface area contributed by atoms with Crippen molar-refractivity contribution in [3.8, 4) is 0 Å². The highest BCUT2D eigenvalue weighted by atomic mass is 16.8. The van der Waals surface area contributed by atoms with E-state index in [0.717, 1.165) is 19.3 Å². The SMILES string of the molecule is CCCCCCCCCCCCCCCCCC(=O)OB(OCCN)ON(CCO)CCO. The first kappa shape index (κ1) is 32.3. The maximum Gasteiger partial charge on any atom is 0.732 e. The number of carbonyl (C=O) groups excluding carboxylic acids is 1. The van der Waals surface area contributed by atoms with E-state index in [1.807, 2.05) is 0 Å². The summed E-state index contributed by atoms with van der Waals surface area (Å²) in [5.74, 6) is -0.389. The number of hydrogen-bond donors (Lipinski definition) is 3. The lowest BCUT2D eigenvalue weighted by Crippen LogP contribution is -2.41. The van der Waals surface area contributed by atoms with Gasteiger partial charge in [0, 0.05) is 32.7 Å². The highest BCUT2D eigenvalue weighted by Crippen LogP contribution is 2.14. The summed E-state index contributed by atoms with van der Waals surface area (Å²) >= 11 is 0. The zero-order valence-corrected chi connectivity index (χ0v) is 21.2. The minimum absolute atomic E-state index is 0.156. The Bertz CT molecular complexity index is 414. The van der Waals surface area contributed by atoms with Gasteiger partial charge in [-0.2, -0.15) is 5.06 Å². The Kier molecular flexibility index (Phi) is 25.4. The Morgan fingerprint density at radius 2 is 1.24 bits per heavy atom. The Balaban J connectivity index is 3.72. The van der Waals surface area contributed by atoms with Gasteiger partial charge in [0.15, 0.2) is 0 Å². The molecule has 33 heavy (non-hydrogen) atoms. The zero-order chi connectivity index (χ0) is 24.4. The molecule has 0 heterocycles. The van der Waals surface area contributed by atoms with Gasteiger partial charge < -0.3 is 25.3 Å². The molecule has 0 saturated heterocycles. The smallest absolute Gasteiger partial charge is 0.484 e. The van der Waals surface area contributed by atoms with Gasteiger partial charge in [-0.25, -0.2) is 0 Å². The van der Waals surface area contributed by atoms with Crippen molar-refractivity contribution in [2.24, 2.45) is 5.73 Å². The van der Waals surface area contributed by atoms with Crippen molar-refractivity contribution in [1.29, 1.82) is 0 Å². The van der Waals surface area contributed by atoms with Crippen LogP contribution in [-0.2, 0) is 18.9 Å². The molecule has 0 bridgehead atoms. The second-order valence-corrected chi connectivity index (χ2v) is 8.62. The molecule has 0 aromatic carbocycles. The number of nitrogens with zero attached hydrogens (tertiary/aromatic N) is 1. The van der Waals surface area contributed by atoms with Gasteiger partial charge in [0.2, 0.25) is 0 Å². The van der Waals surface area contributed by atoms with Gasteiger partial charge in [-0.15, -0.1) is 0 Å². The topological polar surface area (TPSA) is 114 Å². The fourth-order valence-corrected chi connectivity index (χ4v) is 3.62. The van der Waals surface area contributed by atoms with Crippen LogP contribution in [0.15, 0.2) is 0 Å². The molecule has 0 saturated carbocycles. The van der Waals surface area contributed by atoms with E-state index in [4.69, 9.17) is 30.0 Å². The van der Waals surface area contributed by atoms with Crippen molar-refractivity contribution in [2.45, 2.75) is 110 Å². The molecule has 0 aliphatic rings. The molecular formula is C24H51BN2O6. The third kappa shape index (κ3) is 22.8. The summed E-state index contributed by atoms with van der Waals surface area (Å²) in [6.07, 6.45) is 19.4. The van der Waals surface area contributed by atoms with Crippen molar-refractivity contribution in [3.63, 3.8) is 0 Å². The lowest BCUT2D eigenvalue weighted by Gasteiger charge is -2.23. The number of unbranched alkanes of at least 4 members (excludes halogenated alkanes) is 14. The van der Waals surface area contributed by atoms with Crippen LogP contribution in [0.1, 0.15) is 110 Å². The van der Waals surface area contributed by atoms with Crippen LogP contribution < -0.4 is 5.73 Å². The van der Waals surface area contributed by atoms with Crippen LogP contribution in [0, 0.1) is 0 Å². The van der Waals surface area contributed by atoms with Crippen LogP contribution >= 0.6 is 0 Å². The van der Waals surface area contributed by atoms with Gasteiger partial charge in [0.25, 0.3) is 5.97 Å². The molecule has 0 radical (unpaired) electrons. The number of carbonyl (C=O) groups is 1. The number of hydrogen-bond acceptors (Lipinski definition) is 8. The molecule has 0 aromatic heterocycles. The first-order valence-corrected chi connectivity index (χ1v) is 13.3. The van der Waals surface area contributed by atoms with Gasteiger partial charge >= 0.3 is 7.32 Å². The summed E-state index contributed by atoms with van der Waals surface area (Å²) in [4.78, 5) is 12.1. The molecule has 196 valence electrons. The van der Waals surface area contributed by atoms with E-state index in [-0.39, 0.29) is 45.4 Å². The summed E-state index contributed by atoms with van der Waals surface area (Å²) in [5.41, 5.74) is 5.44. The monoisotopic (exact) mass is 474 g/mol. The van der Waals surface area contributed by atoms with E-state index in [1.165, 1.54) is 82.1 Å². The van der Waals surface area contributed by atoms with E-state index in [1.54, 1.807) is 0 Å². The second-order valence-electron chi connectivity index (χ2n) is 8.62. The molecule has 0 fully saturated rings. The minimum Gasteiger partial charge on any atom is -0.484 e. The molecule has 0 aliphatic heterocycles. The van der Waals surface area contributed by atoms with Gasteiger partial charge in [0.05, 0.1) is 13.2 Å². The predicted molar refractivity (Wildman–Crippen MR) is 133 cm³/mol. The normalized spacial score (nSPS) is 11.3. The first-order chi connectivity index (χ1) is 16.2. The van der Waals surface area contributed by atoms with Gasteiger partial charge in [-0.1, -0.05) is 96.8 Å². The van der Waals surface area contributed by atoms with Crippen LogP contribution in [0.3, 0.4) is 0 Å². The van der Waals surface area contributed by atoms with Crippen molar-refractivity contribution in [3.05, 3.63) is 0 Å². The fraction of sp³-hybridized carbons (Fsp3) is 0.958. The number of aliphatic hydroxyl groups is 2. The Morgan fingerprint density at radius 3 is 1.67 bits per heavy atom. The number of rotatable bonds is 26. The Labute approximate surface area is 202 Å². The molecule has 9 heteroatoms. The van der Waals surface area contributed by atoms with E-state index >= 15 is 0 Å². The molecule has 0 aliphatic carbocycles. The molecule has 4 N–H and O–H groups in total. The third-order valence-electron chi connectivity index (χ3n) is 5.52. The number of hydroxylamine groups is 2. The van der Waals surface area contributed by atoms with E-state index in [2.05, 4.69) is 6.92 Å². The molecule has 8 nitrogen and oxygen atoms in total. The zero-order valence-electron chi connectivity index (χ0n) is 21.2. The van der Waals surface area contributed by atoms with Crippen molar-refractivity contribution < 1.29 is 29.1 Å². The largest absolute Gasteiger partial charge is 0.732 e. The summed E-state index contributed by atoms with van der Waals surface area (Å²) in [7, 11) is -1.23. The highest BCUT2D eigenvalue weighted by molar-refractivity contribution is 6.39. The maximum atomic E-state index is 12.1. The minimum atomic E-state index is -1.23. The van der Waals surface area contributed by atoms with Gasteiger partial charge in [0.1, 0.15) is 0 Å². The predicted octanol–water partition coefficient (Wildman–Crippen LogP) is 3.97. The standard InChI is InChI=1S/C24H51BN2O6/c1-2-3-4-5-6-7-8-9-10-11-12-13-14-15-16-17-24(30)32-25(31-23-18-26)33-27(19-21-28)20-22-29/h28-29H,2-23,26H2,1H3. The van der Waals surface area contributed by atoms with Crippen LogP contribution in [0.2, 0.25) is 0 Å². The maximum absolute atomic E-state index is 12.1. The quantitative estimate of drug-likeness (QED) is 0.0980. The summed E-state index contributed by atoms with van der Waals surface area (Å²) < 4.78 is 16.0. The average Bonchev–Trinajstić information content (AvgIpc) is 2.80. The fourth-order valence-electron chi connectivity index (χ4n) is 3.62. The first-order valence-electron chi connectivity index (χ1n) is 13.3. The van der Waals surface area contributed by atoms with Crippen molar-refractivity contribution in [1.82, 2.24) is 5.06 Å². The third-order valence-corrected chi connectivity index (χ3v) is 5.52. The second kappa shape index (κ2) is 25.9. The van der Waals surface area contributed by atoms with E-state index in [0.29, 0.717) is 6.42 Å². The Hall–Kier alpha value is -0.705. The van der Waals surface area contributed by atoms with E-state index in [9.17, 15) is 4.79 Å². The molecule has 0 atom stereocenters. The molecule has 0 amide bonds. The number of aliphatic hydroxyl groups excluding tert-OH is 2. The molecule has 0 unspecified atom stereocenters. The van der Waals surface area contributed by atoms with Crippen LogP contribution in [0.4, 0.5) is 0 Å². The molecule has 0 aromatic rings. The number of nitrogens with two attached hydrogens (primary N) is 1. The van der Waals surface area contributed by atoms with Crippen molar-refractivity contribution in [2.75, 3.05) is 39.5 Å². The highest BCUT2D eigenvalue weighted by Gasteiger charge is 2.29. The molecule has 0 rings (SSSR count). The summed E-state index contributed by atoms with van der Waals surface area (Å²) in [6, 6.07) is 0. The van der Waals surface area contributed by atoms with Crippen molar-refractivity contribution >= 4 is 13.3 Å².